The first kappa shape index (κ1) is 23.5. The predicted octanol–water partition coefficient (Wildman–Crippen LogP) is 4.82. The van der Waals surface area contributed by atoms with Crippen LogP contribution in [0.1, 0.15) is 40.0 Å². The summed E-state index contributed by atoms with van der Waals surface area (Å²) in [7, 11) is 0. The molecular weight excluding hydrogens is 472 g/mol. The number of hydrazone groups is 1. The molecule has 0 aliphatic heterocycles. The van der Waals surface area contributed by atoms with E-state index in [-0.39, 0.29) is 0 Å². The monoisotopic (exact) mass is 492 g/mol. The maximum Gasteiger partial charge on any atom is 0.329 e. The number of ether oxygens (including phenoxy) is 1. The molecule has 0 saturated heterocycles. The van der Waals surface area contributed by atoms with E-state index >= 15 is 0 Å². The van der Waals surface area contributed by atoms with E-state index < -0.39 is 11.8 Å². The number of hydrogen-bond donors (Lipinski definition) is 2. The lowest BCUT2D eigenvalue weighted by Crippen LogP contribution is -2.32. The Hall–Kier alpha value is -3.67. The number of thiophene rings is 1. The first-order valence-corrected chi connectivity index (χ1v) is 11.9. The summed E-state index contributed by atoms with van der Waals surface area (Å²) in [6.07, 6.45) is 5.24. The lowest BCUT2D eigenvalue weighted by Gasteiger charge is -2.09. The van der Waals surface area contributed by atoms with Gasteiger partial charge in [-0.05, 0) is 78.8 Å². The zero-order valence-electron chi connectivity index (χ0n) is 18.1. The zero-order valence-corrected chi connectivity index (χ0v) is 19.7. The number of aryl methyl sites for hydroxylation is 1. The van der Waals surface area contributed by atoms with Crippen LogP contribution in [-0.4, -0.2) is 18.0 Å². The van der Waals surface area contributed by atoms with Gasteiger partial charge in [0.25, 0.3) is 0 Å². The molecule has 2 aromatic carbocycles. The molecule has 7 nitrogen and oxygen atoms in total. The van der Waals surface area contributed by atoms with Gasteiger partial charge in [0.05, 0.1) is 11.8 Å². The Morgan fingerprint density at radius 1 is 1.09 bits per heavy atom. The second-order valence-corrected chi connectivity index (χ2v) is 9.21. The summed E-state index contributed by atoms with van der Waals surface area (Å²) in [5.74, 6) is -1.09. The predicted molar refractivity (Wildman–Crippen MR) is 132 cm³/mol. The van der Waals surface area contributed by atoms with Crippen LogP contribution in [0.25, 0.3) is 0 Å². The molecule has 172 valence electrons. The first-order valence-electron chi connectivity index (χ1n) is 10.7. The van der Waals surface area contributed by atoms with Crippen molar-refractivity contribution < 1.29 is 14.3 Å². The van der Waals surface area contributed by atoms with Crippen LogP contribution in [0.2, 0.25) is 5.02 Å². The van der Waals surface area contributed by atoms with Crippen molar-refractivity contribution in [1.82, 2.24) is 5.43 Å². The van der Waals surface area contributed by atoms with Crippen molar-refractivity contribution in [2.75, 3.05) is 5.32 Å². The molecule has 1 aliphatic rings. The Kier molecular flexibility index (Phi) is 7.58. The SMILES string of the molecule is N#Cc1c(NC(=O)C(=O)NN=Cc2ccc(OCc3ccc(Cl)cc3)cc2)sc2c1CCCC2. The summed E-state index contributed by atoms with van der Waals surface area (Å²) in [6.45, 7) is 0.413. The minimum atomic E-state index is -0.908. The topological polar surface area (TPSA) is 104 Å². The lowest BCUT2D eigenvalue weighted by atomic mass is 9.96. The molecule has 2 N–H and O–H groups in total. The summed E-state index contributed by atoms with van der Waals surface area (Å²) >= 11 is 7.25. The Morgan fingerprint density at radius 3 is 2.56 bits per heavy atom. The second-order valence-electron chi connectivity index (χ2n) is 7.66. The van der Waals surface area contributed by atoms with E-state index in [1.165, 1.54) is 17.6 Å². The van der Waals surface area contributed by atoms with Gasteiger partial charge in [0, 0.05) is 9.90 Å². The summed E-state index contributed by atoms with van der Waals surface area (Å²) in [5.41, 5.74) is 5.39. The molecule has 0 spiro atoms. The van der Waals surface area contributed by atoms with Crippen LogP contribution in [0.3, 0.4) is 0 Å². The van der Waals surface area contributed by atoms with Crippen molar-refractivity contribution >= 4 is 46.0 Å². The molecule has 0 fully saturated rings. The van der Waals surface area contributed by atoms with E-state index in [4.69, 9.17) is 16.3 Å². The van der Waals surface area contributed by atoms with Crippen LogP contribution < -0.4 is 15.5 Å². The number of fused-ring (bicyclic) bond motifs is 1. The number of carbonyl (C=O) groups excluding carboxylic acids is 2. The van der Waals surface area contributed by atoms with Gasteiger partial charge >= 0.3 is 11.8 Å². The molecule has 9 heteroatoms. The highest BCUT2D eigenvalue weighted by molar-refractivity contribution is 7.16. The standard InChI is InChI=1S/C25H21ClN4O3S/c26-18-9-5-17(6-10-18)15-33-19-11-7-16(8-12-19)14-28-30-24(32)23(31)29-25-21(13-27)20-3-1-2-4-22(20)34-25/h5-12,14H,1-4,15H2,(H,29,31)(H,30,32). The smallest absolute Gasteiger partial charge is 0.329 e. The van der Waals surface area contributed by atoms with Gasteiger partial charge in [-0.25, -0.2) is 5.43 Å². The molecule has 4 rings (SSSR count). The number of nitriles is 1. The molecule has 1 aliphatic carbocycles. The van der Waals surface area contributed by atoms with Crippen LogP contribution in [0.15, 0.2) is 53.6 Å². The number of carbonyl (C=O) groups is 2. The lowest BCUT2D eigenvalue weighted by molar-refractivity contribution is -0.136. The molecule has 0 saturated carbocycles. The summed E-state index contributed by atoms with van der Waals surface area (Å²) in [6, 6.07) is 16.7. The summed E-state index contributed by atoms with van der Waals surface area (Å²) in [4.78, 5) is 25.5. The Bertz CT molecular complexity index is 1260. The number of rotatable bonds is 6. The van der Waals surface area contributed by atoms with Crippen molar-refractivity contribution in [1.29, 1.82) is 5.26 Å². The average Bonchev–Trinajstić information content (AvgIpc) is 3.21. The maximum atomic E-state index is 12.3. The fraction of sp³-hybridized carbons (Fsp3) is 0.200. The molecular formula is C25H21ClN4O3S. The number of benzene rings is 2. The van der Waals surface area contributed by atoms with Gasteiger partial charge in [-0.15, -0.1) is 11.3 Å². The van der Waals surface area contributed by atoms with Crippen LogP contribution >= 0.6 is 22.9 Å². The molecule has 0 bridgehead atoms. The van der Waals surface area contributed by atoms with Crippen molar-refractivity contribution in [3.05, 3.63) is 80.7 Å². The van der Waals surface area contributed by atoms with E-state index in [1.807, 2.05) is 24.3 Å². The molecule has 0 radical (unpaired) electrons. The fourth-order valence-corrected chi connectivity index (χ4v) is 4.91. The average molecular weight is 493 g/mol. The highest BCUT2D eigenvalue weighted by Gasteiger charge is 2.23. The van der Waals surface area contributed by atoms with Crippen molar-refractivity contribution in [3.63, 3.8) is 0 Å². The van der Waals surface area contributed by atoms with Crippen molar-refractivity contribution in [2.45, 2.75) is 32.3 Å². The zero-order chi connectivity index (χ0) is 23.9. The molecule has 1 heterocycles. The van der Waals surface area contributed by atoms with Gasteiger partial charge in [0.15, 0.2) is 0 Å². The van der Waals surface area contributed by atoms with Gasteiger partial charge in [0.2, 0.25) is 0 Å². The number of nitrogens with zero attached hydrogens (tertiary/aromatic N) is 2. The third kappa shape index (κ3) is 5.81. The molecule has 2 amide bonds. The minimum absolute atomic E-state index is 0.413. The molecule has 0 atom stereocenters. The van der Waals surface area contributed by atoms with E-state index in [0.717, 1.165) is 47.3 Å². The summed E-state index contributed by atoms with van der Waals surface area (Å²) in [5, 5.41) is 17.0. The van der Waals surface area contributed by atoms with Gasteiger partial charge in [-0.3, -0.25) is 9.59 Å². The van der Waals surface area contributed by atoms with Crippen LogP contribution in [0.5, 0.6) is 5.75 Å². The Labute approximate surface area is 206 Å². The third-order valence-electron chi connectivity index (χ3n) is 5.29. The maximum absolute atomic E-state index is 12.3. The van der Waals surface area contributed by atoms with Gasteiger partial charge in [-0.1, -0.05) is 23.7 Å². The number of nitrogens with one attached hydrogen (secondary N) is 2. The highest BCUT2D eigenvalue weighted by atomic mass is 35.5. The van der Waals surface area contributed by atoms with Crippen molar-refractivity contribution in [2.24, 2.45) is 5.10 Å². The molecule has 1 aromatic heterocycles. The minimum Gasteiger partial charge on any atom is -0.489 e. The number of halogens is 1. The normalized spacial score (nSPS) is 12.6. The number of amides is 2. The Morgan fingerprint density at radius 2 is 1.82 bits per heavy atom. The van der Waals surface area contributed by atoms with Gasteiger partial charge in [0.1, 0.15) is 23.4 Å². The number of anilines is 1. The second kappa shape index (κ2) is 11.0. The highest BCUT2D eigenvalue weighted by Crippen LogP contribution is 2.37. The van der Waals surface area contributed by atoms with E-state index in [9.17, 15) is 14.9 Å². The third-order valence-corrected chi connectivity index (χ3v) is 6.75. The quantitative estimate of drug-likeness (QED) is 0.292. The van der Waals surface area contributed by atoms with Crippen LogP contribution in [-0.2, 0) is 29.0 Å². The summed E-state index contributed by atoms with van der Waals surface area (Å²) < 4.78 is 5.73. The van der Waals surface area contributed by atoms with Gasteiger partial charge < -0.3 is 10.1 Å². The van der Waals surface area contributed by atoms with E-state index in [1.54, 1.807) is 24.3 Å². The molecule has 3 aromatic rings. The van der Waals surface area contributed by atoms with E-state index in [2.05, 4.69) is 21.9 Å². The number of hydrogen-bond acceptors (Lipinski definition) is 6. The van der Waals surface area contributed by atoms with Gasteiger partial charge in [-0.2, -0.15) is 10.4 Å². The molecule has 0 unspecified atom stereocenters. The first-order chi connectivity index (χ1) is 16.5. The Balaban J connectivity index is 1.28. The molecule has 34 heavy (non-hydrogen) atoms. The van der Waals surface area contributed by atoms with E-state index in [0.29, 0.717) is 27.9 Å². The fourth-order valence-electron chi connectivity index (χ4n) is 3.55. The van der Waals surface area contributed by atoms with Crippen LogP contribution in [0.4, 0.5) is 5.00 Å². The van der Waals surface area contributed by atoms with Crippen LogP contribution in [0, 0.1) is 11.3 Å². The van der Waals surface area contributed by atoms with Crippen molar-refractivity contribution in [3.8, 4) is 11.8 Å². The largest absolute Gasteiger partial charge is 0.489 e.